The quantitative estimate of drug-likeness (QED) is 0.412. The maximum atomic E-state index is 5.75. The van der Waals surface area contributed by atoms with Gasteiger partial charge >= 0.3 is 0 Å². The smallest absolute Gasteiger partial charge is 0.247 e. The van der Waals surface area contributed by atoms with E-state index in [1.165, 1.54) is 0 Å². The lowest BCUT2D eigenvalue weighted by Crippen LogP contribution is -2.19. The first-order valence-corrected chi connectivity index (χ1v) is 10.1. The van der Waals surface area contributed by atoms with E-state index in [4.69, 9.17) is 9.15 Å². The Morgan fingerprint density at radius 2 is 1.90 bits per heavy atom. The molecule has 3 aromatic heterocycles. The summed E-state index contributed by atoms with van der Waals surface area (Å²) in [5, 5.41) is 9.01. The van der Waals surface area contributed by atoms with Crippen LogP contribution in [0.15, 0.2) is 77.4 Å². The number of rotatable bonds is 7. The van der Waals surface area contributed by atoms with E-state index in [-0.39, 0.29) is 0 Å². The minimum atomic E-state index is 0.540. The highest BCUT2D eigenvalue weighted by atomic mass is 16.5. The third-order valence-electron chi connectivity index (χ3n) is 5.03. The van der Waals surface area contributed by atoms with Gasteiger partial charge in [-0.15, -0.1) is 5.10 Å². The number of anilines is 2. The van der Waals surface area contributed by atoms with Gasteiger partial charge in [0.05, 0.1) is 12.0 Å². The van der Waals surface area contributed by atoms with Crippen molar-refractivity contribution in [3.8, 4) is 17.0 Å². The number of benzene rings is 2. The topological polar surface area (TPSA) is 67.8 Å². The number of fused-ring (bicyclic) bond motifs is 2. The Labute approximate surface area is 179 Å². The van der Waals surface area contributed by atoms with Crippen LogP contribution in [0.25, 0.3) is 27.9 Å². The molecule has 0 saturated heterocycles. The summed E-state index contributed by atoms with van der Waals surface area (Å²) >= 11 is 0. The largest absolute Gasteiger partial charge is 0.492 e. The van der Waals surface area contributed by atoms with Crippen molar-refractivity contribution in [3.05, 3.63) is 73.0 Å². The highest BCUT2D eigenvalue weighted by Gasteiger charge is 2.10. The van der Waals surface area contributed by atoms with E-state index >= 15 is 0 Å². The normalized spacial score (nSPS) is 11.5. The fourth-order valence-corrected chi connectivity index (χ4v) is 3.41. The number of pyridine rings is 1. The van der Waals surface area contributed by atoms with Gasteiger partial charge in [0.1, 0.15) is 17.9 Å². The minimum absolute atomic E-state index is 0.540. The fourth-order valence-electron chi connectivity index (χ4n) is 3.41. The summed E-state index contributed by atoms with van der Waals surface area (Å²) in [6.07, 6.45) is 1.70. The van der Waals surface area contributed by atoms with Crippen molar-refractivity contribution in [2.24, 2.45) is 0 Å². The molecule has 0 spiro atoms. The van der Waals surface area contributed by atoms with Crippen molar-refractivity contribution in [1.82, 2.24) is 19.5 Å². The van der Waals surface area contributed by atoms with Gasteiger partial charge in [0.15, 0.2) is 5.65 Å². The first-order valence-electron chi connectivity index (χ1n) is 10.1. The van der Waals surface area contributed by atoms with Crippen LogP contribution in [0.5, 0.6) is 5.75 Å². The molecule has 5 aromatic rings. The second-order valence-corrected chi connectivity index (χ2v) is 7.59. The summed E-state index contributed by atoms with van der Waals surface area (Å²) < 4.78 is 13.0. The molecule has 7 heteroatoms. The molecule has 0 amide bonds. The SMILES string of the molecule is CN(C)CCOc1ccc(Nc2nc3cccc(-c4ccc5occc5c4)n3n2)cc1. The molecule has 0 fully saturated rings. The molecule has 5 rings (SSSR count). The van der Waals surface area contributed by atoms with Gasteiger partial charge in [0.2, 0.25) is 5.95 Å². The molecule has 31 heavy (non-hydrogen) atoms. The number of furan rings is 1. The number of aromatic nitrogens is 3. The molecule has 3 heterocycles. The van der Waals surface area contributed by atoms with E-state index in [0.717, 1.165) is 45.9 Å². The summed E-state index contributed by atoms with van der Waals surface area (Å²) in [7, 11) is 4.05. The second kappa shape index (κ2) is 8.12. The van der Waals surface area contributed by atoms with Crippen LogP contribution < -0.4 is 10.1 Å². The van der Waals surface area contributed by atoms with Crippen LogP contribution in [0.4, 0.5) is 11.6 Å². The molecule has 0 aliphatic rings. The highest BCUT2D eigenvalue weighted by Crippen LogP contribution is 2.26. The third kappa shape index (κ3) is 4.08. The summed E-state index contributed by atoms with van der Waals surface area (Å²) in [4.78, 5) is 6.71. The van der Waals surface area contributed by atoms with E-state index in [2.05, 4.69) is 26.4 Å². The number of nitrogens with one attached hydrogen (secondary N) is 1. The Bertz CT molecular complexity index is 1320. The summed E-state index contributed by atoms with van der Waals surface area (Å²) in [5.41, 5.74) is 4.56. The average molecular weight is 413 g/mol. The fraction of sp³-hybridized carbons (Fsp3) is 0.167. The minimum Gasteiger partial charge on any atom is -0.492 e. The lowest BCUT2D eigenvalue weighted by atomic mass is 10.1. The lowest BCUT2D eigenvalue weighted by Gasteiger charge is -2.11. The molecule has 0 bridgehead atoms. The number of nitrogens with zero attached hydrogens (tertiary/aromatic N) is 4. The molecule has 1 N–H and O–H groups in total. The van der Waals surface area contributed by atoms with Gasteiger partial charge in [-0.25, -0.2) is 4.52 Å². The van der Waals surface area contributed by atoms with Crippen molar-refractivity contribution >= 4 is 28.3 Å². The van der Waals surface area contributed by atoms with Crippen LogP contribution in [-0.4, -0.2) is 46.7 Å². The summed E-state index contributed by atoms with van der Waals surface area (Å²) in [6.45, 7) is 1.53. The zero-order chi connectivity index (χ0) is 21.2. The molecule has 0 radical (unpaired) electrons. The van der Waals surface area contributed by atoms with E-state index < -0.39 is 0 Å². The van der Waals surface area contributed by atoms with Crippen LogP contribution in [0, 0.1) is 0 Å². The van der Waals surface area contributed by atoms with Gasteiger partial charge in [0.25, 0.3) is 0 Å². The molecule has 2 aromatic carbocycles. The van der Waals surface area contributed by atoms with Crippen molar-refractivity contribution in [2.75, 3.05) is 32.6 Å². The molecular formula is C24H23N5O2. The Morgan fingerprint density at radius 3 is 2.74 bits per heavy atom. The third-order valence-corrected chi connectivity index (χ3v) is 5.03. The van der Waals surface area contributed by atoms with Crippen molar-refractivity contribution < 1.29 is 9.15 Å². The van der Waals surface area contributed by atoms with Gasteiger partial charge in [-0.3, -0.25) is 0 Å². The average Bonchev–Trinajstić information content (AvgIpc) is 3.40. The molecule has 0 saturated carbocycles. The monoisotopic (exact) mass is 413 g/mol. The molecule has 0 unspecified atom stereocenters. The van der Waals surface area contributed by atoms with Gasteiger partial charge in [-0.1, -0.05) is 6.07 Å². The first-order chi connectivity index (χ1) is 15.2. The Balaban J connectivity index is 1.37. The standard InChI is InChI=1S/C24H23N5O2/c1-28(2)13-15-30-20-9-7-19(8-10-20)25-24-26-23-5-3-4-21(29(23)27-24)17-6-11-22-18(16-17)12-14-31-22/h3-12,14,16H,13,15H2,1-2H3,(H,25,27). The second-order valence-electron chi connectivity index (χ2n) is 7.59. The van der Waals surface area contributed by atoms with Crippen LogP contribution in [-0.2, 0) is 0 Å². The van der Waals surface area contributed by atoms with Crippen molar-refractivity contribution in [2.45, 2.75) is 0 Å². The zero-order valence-corrected chi connectivity index (χ0v) is 17.4. The maximum absolute atomic E-state index is 5.75. The maximum Gasteiger partial charge on any atom is 0.247 e. The van der Waals surface area contributed by atoms with Crippen molar-refractivity contribution in [3.63, 3.8) is 0 Å². The molecule has 156 valence electrons. The summed E-state index contributed by atoms with van der Waals surface area (Å²) in [6, 6.07) is 21.8. The van der Waals surface area contributed by atoms with Gasteiger partial charge in [-0.05, 0) is 74.8 Å². The van der Waals surface area contributed by atoms with Crippen LogP contribution in [0.3, 0.4) is 0 Å². The molecule has 0 aliphatic carbocycles. The van der Waals surface area contributed by atoms with E-state index in [1.54, 1.807) is 6.26 Å². The van der Waals surface area contributed by atoms with Crippen LogP contribution in [0.2, 0.25) is 0 Å². The van der Waals surface area contributed by atoms with Crippen molar-refractivity contribution in [1.29, 1.82) is 0 Å². The Hall–Kier alpha value is -3.84. The van der Waals surface area contributed by atoms with E-state index in [9.17, 15) is 0 Å². The molecule has 0 atom stereocenters. The zero-order valence-electron chi connectivity index (χ0n) is 17.4. The van der Waals surface area contributed by atoms with Crippen LogP contribution in [0.1, 0.15) is 0 Å². The van der Waals surface area contributed by atoms with E-state index in [1.807, 2.05) is 79.3 Å². The first kappa shape index (κ1) is 19.1. The predicted octanol–water partition coefficient (Wildman–Crippen LogP) is 4.83. The van der Waals surface area contributed by atoms with Gasteiger partial charge in [0, 0.05) is 23.2 Å². The number of hydrogen-bond donors (Lipinski definition) is 1. The molecular weight excluding hydrogens is 390 g/mol. The van der Waals surface area contributed by atoms with Gasteiger partial charge < -0.3 is 19.4 Å². The lowest BCUT2D eigenvalue weighted by molar-refractivity contribution is 0.261. The number of ether oxygens (including phenoxy) is 1. The summed E-state index contributed by atoms with van der Waals surface area (Å²) in [5.74, 6) is 1.38. The molecule has 7 nitrogen and oxygen atoms in total. The van der Waals surface area contributed by atoms with E-state index in [0.29, 0.717) is 12.6 Å². The van der Waals surface area contributed by atoms with Crippen LogP contribution >= 0.6 is 0 Å². The Kier molecular flexibility index (Phi) is 5.01. The number of hydrogen-bond acceptors (Lipinski definition) is 6. The Morgan fingerprint density at radius 1 is 1.03 bits per heavy atom. The number of likely N-dealkylation sites (N-methyl/N-ethyl adjacent to an activating group) is 1. The highest BCUT2D eigenvalue weighted by molar-refractivity contribution is 5.83. The van der Waals surface area contributed by atoms with Gasteiger partial charge in [-0.2, -0.15) is 4.98 Å². The predicted molar refractivity (Wildman–Crippen MR) is 122 cm³/mol. The molecule has 0 aliphatic heterocycles.